The van der Waals surface area contributed by atoms with Crippen LogP contribution in [0.15, 0.2) is 29.4 Å². The van der Waals surface area contributed by atoms with E-state index in [0.717, 1.165) is 5.56 Å². The SMILES string of the molecule is Cc1cccc([C@@H](C)N=[N+]=[N-])c1. The minimum absolute atomic E-state index is 0.0742. The molecule has 1 atom stereocenters. The van der Waals surface area contributed by atoms with Crippen molar-refractivity contribution in [3.8, 4) is 0 Å². The van der Waals surface area contributed by atoms with E-state index in [-0.39, 0.29) is 6.04 Å². The summed E-state index contributed by atoms with van der Waals surface area (Å²) in [6, 6.07) is 7.90. The molecule has 0 heterocycles. The van der Waals surface area contributed by atoms with Gasteiger partial charge in [0.25, 0.3) is 0 Å². The number of aryl methyl sites for hydroxylation is 1. The van der Waals surface area contributed by atoms with Crippen molar-refractivity contribution in [1.82, 2.24) is 0 Å². The summed E-state index contributed by atoms with van der Waals surface area (Å²) >= 11 is 0. The maximum atomic E-state index is 8.23. The Balaban J connectivity index is 2.94. The molecule has 62 valence electrons. The van der Waals surface area contributed by atoms with Gasteiger partial charge in [-0.3, -0.25) is 0 Å². The summed E-state index contributed by atoms with van der Waals surface area (Å²) in [5, 5.41) is 3.62. The first kappa shape index (κ1) is 8.62. The number of hydrogen-bond acceptors (Lipinski definition) is 1. The third-order valence-electron chi connectivity index (χ3n) is 1.75. The summed E-state index contributed by atoms with van der Waals surface area (Å²) in [5.74, 6) is 0. The van der Waals surface area contributed by atoms with Gasteiger partial charge in [0.15, 0.2) is 0 Å². The third-order valence-corrected chi connectivity index (χ3v) is 1.75. The van der Waals surface area contributed by atoms with Crippen LogP contribution in [-0.4, -0.2) is 0 Å². The molecule has 0 amide bonds. The molecule has 3 nitrogen and oxygen atoms in total. The summed E-state index contributed by atoms with van der Waals surface area (Å²) in [6.45, 7) is 3.90. The second kappa shape index (κ2) is 3.79. The van der Waals surface area contributed by atoms with E-state index in [4.69, 9.17) is 5.53 Å². The van der Waals surface area contributed by atoms with Crippen molar-refractivity contribution in [2.24, 2.45) is 5.11 Å². The average molecular weight is 161 g/mol. The molecule has 0 aromatic heterocycles. The molecule has 1 aromatic rings. The lowest BCUT2D eigenvalue weighted by molar-refractivity contribution is 0.806. The molecule has 1 aromatic carbocycles. The summed E-state index contributed by atoms with van der Waals surface area (Å²) in [7, 11) is 0. The minimum Gasteiger partial charge on any atom is -0.0862 e. The monoisotopic (exact) mass is 161 g/mol. The molecule has 1 rings (SSSR count). The van der Waals surface area contributed by atoms with E-state index < -0.39 is 0 Å². The molecule has 0 aliphatic carbocycles. The van der Waals surface area contributed by atoms with Crippen LogP contribution in [0.2, 0.25) is 0 Å². The smallest absolute Gasteiger partial charge is 0.0597 e. The normalized spacial score (nSPS) is 11.8. The summed E-state index contributed by atoms with van der Waals surface area (Å²) < 4.78 is 0. The maximum absolute atomic E-state index is 8.23. The molecule has 12 heavy (non-hydrogen) atoms. The van der Waals surface area contributed by atoms with Crippen molar-refractivity contribution in [3.63, 3.8) is 0 Å². The van der Waals surface area contributed by atoms with Gasteiger partial charge in [0, 0.05) is 4.91 Å². The van der Waals surface area contributed by atoms with Gasteiger partial charge in [-0.25, -0.2) is 0 Å². The van der Waals surface area contributed by atoms with Gasteiger partial charge in [0.2, 0.25) is 0 Å². The predicted molar refractivity (Wildman–Crippen MR) is 48.7 cm³/mol. The summed E-state index contributed by atoms with van der Waals surface area (Å²) in [4.78, 5) is 2.77. The second-order valence-corrected chi connectivity index (χ2v) is 2.80. The van der Waals surface area contributed by atoms with Crippen molar-refractivity contribution >= 4 is 0 Å². The zero-order valence-corrected chi connectivity index (χ0v) is 7.23. The molecule has 0 radical (unpaired) electrons. The Hall–Kier alpha value is -1.47. The molecule has 3 heteroatoms. The molecule has 0 aliphatic heterocycles. The lowest BCUT2D eigenvalue weighted by Crippen LogP contribution is -1.87. The molecule has 0 fully saturated rings. The second-order valence-electron chi connectivity index (χ2n) is 2.80. The first-order valence-corrected chi connectivity index (χ1v) is 3.85. The first-order valence-electron chi connectivity index (χ1n) is 3.85. The Morgan fingerprint density at radius 1 is 1.50 bits per heavy atom. The maximum Gasteiger partial charge on any atom is 0.0597 e. The lowest BCUT2D eigenvalue weighted by atomic mass is 10.1. The Morgan fingerprint density at radius 2 is 2.25 bits per heavy atom. The Kier molecular flexibility index (Phi) is 2.72. The molecule has 0 spiro atoms. The van der Waals surface area contributed by atoms with Crippen molar-refractivity contribution in [1.29, 1.82) is 0 Å². The largest absolute Gasteiger partial charge is 0.0862 e. The third kappa shape index (κ3) is 2.01. The van der Waals surface area contributed by atoms with Crippen LogP contribution in [0, 0.1) is 6.92 Å². The van der Waals surface area contributed by atoms with Crippen LogP contribution >= 0.6 is 0 Å². The number of azide groups is 1. The highest BCUT2D eigenvalue weighted by atomic mass is 15.1. The molecular formula is C9H11N3. The standard InChI is InChI=1S/C9H11N3/c1-7-4-3-5-9(6-7)8(2)11-12-10/h3-6,8H,1-2H3/t8-/m1/s1. The summed E-state index contributed by atoms with van der Waals surface area (Å²) in [5.41, 5.74) is 10.5. The molecular weight excluding hydrogens is 150 g/mol. The minimum atomic E-state index is -0.0742. The quantitative estimate of drug-likeness (QED) is 0.363. The van der Waals surface area contributed by atoms with Gasteiger partial charge < -0.3 is 0 Å². The molecule has 0 saturated heterocycles. The fraction of sp³-hybridized carbons (Fsp3) is 0.333. The van der Waals surface area contributed by atoms with Gasteiger partial charge in [-0.05, 0) is 18.0 Å². The van der Waals surface area contributed by atoms with Crippen LogP contribution in [-0.2, 0) is 0 Å². The average Bonchev–Trinajstić information content (AvgIpc) is 2.05. The lowest BCUT2D eigenvalue weighted by Gasteiger charge is -2.04. The zero-order valence-electron chi connectivity index (χ0n) is 7.23. The van der Waals surface area contributed by atoms with Crippen molar-refractivity contribution < 1.29 is 0 Å². The van der Waals surface area contributed by atoms with Crippen LogP contribution in [0.4, 0.5) is 0 Å². The number of hydrogen-bond donors (Lipinski definition) is 0. The molecule has 0 aliphatic rings. The van der Waals surface area contributed by atoms with Crippen LogP contribution in [0.25, 0.3) is 10.4 Å². The van der Waals surface area contributed by atoms with E-state index in [9.17, 15) is 0 Å². The van der Waals surface area contributed by atoms with Gasteiger partial charge in [0.1, 0.15) is 0 Å². The van der Waals surface area contributed by atoms with Gasteiger partial charge in [-0.15, -0.1) is 0 Å². The number of benzene rings is 1. The highest BCUT2D eigenvalue weighted by Gasteiger charge is 2.00. The van der Waals surface area contributed by atoms with Crippen LogP contribution in [0.3, 0.4) is 0 Å². The van der Waals surface area contributed by atoms with E-state index >= 15 is 0 Å². The van der Waals surface area contributed by atoms with Gasteiger partial charge in [-0.1, -0.05) is 41.9 Å². The van der Waals surface area contributed by atoms with Crippen molar-refractivity contribution in [2.45, 2.75) is 19.9 Å². The Bertz CT molecular complexity index is 313. The number of nitrogens with zero attached hydrogens (tertiary/aromatic N) is 3. The van der Waals surface area contributed by atoms with Gasteiger partial charge >= 0.3 is 0 Å². The molecule has 0 unspecified atom stereocenters. The number of rotatable bonds is 2. The van der Waals surface area contributed by atoms with E-state index in [1.165, 1.54) is 5.56 Å². The van der Waals surface area contributed by atoms with E-state index in [2.05, 4.69) is 10.0 Å². The zero-order chi connectivity index (χ0) is 8.97. The van der Waals surface area contributed by atoms with E-state index in [1.54, 1.807) is 0 Å². The van der Waals surface area contributed by atoms with Crippen LogP contribution < -0.4 is 0 Å². The fourth-order valence-electron chi connectivity index (χ4n) is 1.07. The summed E-state index contributed by atoms with van der Waals surface area (Å²) in [6.07, 6.45) is 0. The predicted octanol–water partition coefficient (Wildman–Crippen LogP) is 3.37. The molecule has 0 N–H and O–H groups in total. The van der Waals surface area contributed by atoms with Crippen LogP contribution in [0.5, 0.6) is 0 Å². The highest BCUT2D eigenvalue weighted by molar-refractivity contribution is 5.24. The first-order chi connectivity index (χ1) is 5.74. The molecule has 0 bridgehead atoms. The van der Waals surface area contributed by atoms with Crippen molar-refractivity contribution in [2.75, 3.05) is 0 Å². The van der Waals surface area contributed by atoms with Crippen LogP contribution in [0.1, 0.15) is 24.1 Å². The Morgan fingerprint density at radius 3 is 2.83 bits per heavy atom. The fourth-order valence-corrected chi connectivity index (χ4v) is 1.07. The Labute approximate surface area is 71.7 Å². The molecule has 0 saturated carbocycles. The van der Waals surface area contributed by atoms with E-state index in [1.807, 2.05) is 38.1 Å². The van der Waals surface area contributed by atoms with Gasteiger partial charge in [-0.2, -0.15) is 0 Å². The highest BCUT2D eigenvalue weighted by Crippen LogP contribution is 2.17. The van der Waals surface area contributed by atoms with E-state index in [0.29, 0.717) is 0 Å². The van der Waals surface area contributed by atoms with Gasteiger partial charge in [0.05, 0.1) is 6.04 Å². The topological polar surface area (TPSA) is 48.8 Å². The van der Waals surface area contributed by atoms with Crippen molar-refractivity contribution in [3.05, 3.63) is 45.8 Å².